The van der Waals surface area contributed by atoms with Crippen molar-refractivity contribution in [2.75, 3.05) is 25.0 Å². The highest BCUT2D eigenvalue weighted by Crippen LogP contribution is 2.31. The predicted octanol–water partition coefficient (Wildman–Crippen LogP) is 1.78. The van der Waals surface area contributed by atoms with Crippen LogP contribution in [0.5, 0.6) is 5.75 Å². The number of hydrogen-bond donors (Lipinski definition) is 1. The largest absolute Gasteiger partial charge is 0.484 e. The lowest BCUT2D eigenvalue weighted by Gasteiger charge is -2.19. The van der Waals surface area contributed by atoms with Crippen molar-refractivity contribution >= 4 is 11.4 Å². The first-order valence-corrected chi connectivity index (χ1v) is 5.82. The maximum Gasteiger partial charge on any atom is 0.311 e. The van der Waals surface area contributed by atoms with E-state index >= 15 is 0 Å². The Balaban J connectivity index is 3.08. The van der Waals surface area contributed by atoms with Crippen LogP contribution < -0.4 is 15.4 Å². The smallest absolute Gasteiger partial charge is 0.311 e. The van der Waals surface area contributed by atoms with Crippen molar-refractivity contribution in [3.63, 3.8) is 0 Å². The molecule has 6 nitrogen and oxygen atoms in total. The van der Waals surface area contributed by atoms with E-state index in [0.717, 1.165) is 5.69 Å². The summed E-state index contributed by atoms with van der Waals surface area (Å²) >= 11 is 0. The van der Waals surface area contributed by atoms with Gasteiger partial charge in [-0.25, -0.2) is 0 Å². The Labute approximate surface area is 106 Å². The van der Waals surface area contributed by atoms with Crippen LogP contribution in [0.15, 0.2) is 18.2 Å². The van der Waals surface area contributed by atoms with Crippen LogP contribution in [0.25, 0.3) is 0 Å². The van der Waals surface area contributed by atoms with Crippen molar-refractivity contribution in [3.05, 3.63) is 28.3 Å². The molecule has 6 heteroatoms. The van der Waals surface area contributed by atoms with E-state index in [2.05, 4.69) is 0 Å². The second-order valence-electron chi connectivity index (χ2n) is 4.29. The van der Waals surface area contributed by atoms with Gasteiger partial charge < -0.3 is 15.4 Å². The summed E-state index contributed by atoms with van der Waals surface area (Å²) in [5.41, 5.74) is 6.31. The summed E-state index contributed by atoms with van der Waals surface area (Å²) in [4.78, 5) is 12.4. The lowest BCUT2D eigenvalue weighted by molar-refractivity contribution is -0.386. The van der Waals surface area contributed by atoms with Gasteiger partial charge in [-0.05, 0) is 19.9 Å². The molecule has 0 spiro atoms. The van der Waals surface area contributed by atoms with Crippen LogP contribution in [0.3, 0.4) is 0 Å². The van der Waals surface area contributed by atoms with E-state index in [-0.39, 0.29) is 17.5 Å². The van der Waals surface area contributed by atoms with Crippen molar-refractivity contribution in [1.82, 2.24) is 0 Å². The Morgan fingerprint density at radius 2 is 2.17 bits per heavy atom. The molecule has 0 aliphatic carbocycles. The van der Waals surface area contributed by atoms with Gasteiger partial charge >= 0.3 is 5.69 Å². The van der Waals surface area contributed by atoms with E-state index in [1.54, 1.807) is 12.1 Å². The molecule has 0 saturated carbocycles. The molecule has 1 aromatic carbocycles. The summed E-state index contributed by atoms with van der Waals surface area (Å²) in [5, 5.41) is 10.9. The quantitative estimate of drug-likeness (QED) is 0.617. The molecule has 0 fully saturated rings. The van der Waals surface area contributed by atoms with Crippen LogP contribution in [0.1, 0.15) is 13.8 Å². The first kappa shape index (κ1) is 14.2. The van der Waals surface area contributed by atoms with Gasteiger partial charge in [0.15, 0.2) is 5.75 Å². The number of rotatable bonds is 6. The lowest BCUT2D eigenvalue weighted by atomic mass is 10.2. The molecule has 1 aromatic rings. The molecule has 0 heterocycles. The van der Waals surface area contributed by atoms with E-state index in [0.29, 0.717) is 13.1 Å². The highest BCUT2D eigenvalue weighted by molar-refractivity contribution is 5.59. The number of nitrogens with zero attached hydrogens (tertiary/aromatic N) is 2. The zero-order chi connectivity index (χ0) is 13.7. The molecular formula is C12H19N3O3. The molecule has 1 rings (SSSR count). The van der Waals surface area contributed by atoms with Crippen LogP contribution in [0.2, 0.25) is 0 Å². The molecule has 2 N–H and O–H groups in total. The molecule has 0 aliphatic heterocycles. The number of nitrogens with two attached hydrogens (primary N) is 1. The molecule has 0 aliphatic rings. The zero-order valence-corrected chi connectivity index (χ0v) is 10.9. The Kier molecular flexibility index (Phi) is 4.91. The van der Waals surface area contributed by atoms with Gasteiger partial charge in [0, 0.05) is 38.0 Å². The van der Waals surface area contributed by atoms with E-state index < -0.39 is 4.92 Å². The summed E-state index contributed by atoms with van der Waals surface area (Å²) in [6.45, 7) is 4.87. The zero-order valence-electron chi connectivity index (χ0n) is 10.9. The first-order chi connectivity index (χ1) is 8.45. The fourth-order valence-corrected chi connectivity index (χ4v) is 1.56. The molecule has 0 saturated heterocycles. The molecular weight excluding hydrogens is 234 g/mol. The second-order valence-corrected chi connectivity index (χ2v) is 4.29. The number of nitro groups is 1. The van der Waals surface area contributed by atoms with Crippen molar-refractivity contribution in [2.45, 2.75) is 20.0 Å². The summed E-state index contributed by atoms with van der Waals surface area (Å²) < 4.78 is 5.48. The number of ether oxygens (including phenoxy) is 1. The number of nitro benzene ring substituents is 1. The molecule has 0 aromatic heterocycles. The topological polar surface area (TPSA) is 81.6 Å². The number of hydrogen-bond acceptors (Lipinski definition) is 5. The average Bonchev–Trinajstić information content (AvgIpc) is 2.28. The van der Waals surface area contributed by atoms with Gasteiger partial charge in [0.25, 0.3) is 0 Å². The van der Waals surface area contributed by atoms with Crippen molar-refractivity contribution in [1.29, 1.82) is 0 Å². The third-order valence-electron chi connectivity index (χ3n) is 2.41. The minimum atomic E-state index is -0.440. The standard InChI is InChI=1S/C12H19N3O3/c1-9(2)18-12-8-10(14(3)7-6-13)4-5-11(12)15(16)17/h4-5,8-9H,6-7,13H2,1-3H3. The van der Waals surface area contributed by atoms with E-state index in [9.17, 15) is 10.1 Å². The highest BCUT2D eigenvalue weighted by Gasteiger charge is 2.17. The Morgan fingerprint density at radius 3 is 2.67 bits per heavy atom. The minimum absolute atomic E-state index is 0.0198. The van der Waals surface area contributed by atoms with E-state index in [1.807, 2.05) is 25.8 Å². The average molecular weight is 253 g/mol. The van der Waals surface area contributed by atoms with Gasteiger partial charge in [-0.15, -0.1) is 0 Å². The summed E-state index contributed by atoms with van der Waals surface area (Å²) in [6, 6.07) is 4.83. The summed E-state index contributed by atoms with van der Waals surface area (Å²) in [6.07, 6.45) is -0.112. The normalized spacial score (nSPS) is 10.5. The van der Waals surface area contributed by atoms with Gasteiger partial charge in [-0.2, -0.15) is 0 Å². The van der Waals surface area contributed by atoms with Crippen molar-refractivity contribution < 1.29 is 9.66 Å². The third-order valence-corrected chi connectivity index (χ3v) is 2.41. The van der Waals surface area contributed by atoms with Gasteiger partial charge in [-0.1, -0.05) is 0 Å². The maximum absolute atomic E-state index is 10.9. The molecule has 100 valence electrons. The van der Waals surface area contributed by atoms with E-state index in [1.165, 1.54) is 6.07 Å². The SMILES string of the molecule is CC(C)Oc1cc(N(C)CCN)ccc1[N+](=O)[O-]. The fraction of sp³-hybridized carbons (Fsp3) is 0.500. The molecule has 18 heavy (non-hydrogen) atoms. The molecule has 0 amide bonds. The number of anilines is 1. The van der Waals surface area contributed by atoms with Gasteiger partial charge in [0.05, 0.1) is 11.0 Å². The van der Waals surface area contributed by atoms with Gasteiger partial charge in [0.1, 0.15) is 0 Å². The first-order valence-electron chi connectivity index (χ1n) is 5.82. The third kappa shape index (κ3) is 3.59. The summed E-state index contributed by atoms with van der Waals surface area (Å²) in [5.74, 6) is 0.288. The molecule has 0 atom stereocenters. The highest BCUT2D eigenvalue weighted by atomic mass is 16.6. The lowest BCUT2D eigenvalue weighted by Crippen LogP contribution is -2.25. The van der Waals surface area contributed by atoms with Crippen LogP contribution in [0.4, 0.5) is 11.4 Å². The van der Waals surface area contributed by atoms with Crippen LogP contribution in [-0.2, 0) is 0 Å². The monoisotopic (exact) mass is 253 g/mol. The Hall–Kier alpha value is -1.82. The van der Waals surface area contributed by atoms with Gasteiger partial charge in [-0.3, -0.25) is 10.1 Å². The fourth-order valence-electron chi connectivity index (χ4n) is 1.56. The number of benzene rings is 1. The van der Waals surface area contributed by atoms with Crippen LogP contribution >= 0.6 is 0 Å². The van der Waals surface area contributed by atoms with E-state index in [4.69, 9.17) is 10.5 Å². The van der Waals surface area contributed by atoms with Gasteiger partial charge in [0.2, 0.25) is 0 Å². The molecule has 0 radical (unpaired) electrons. The van der Waals surface area contributed by atoms with Crippen LogP contribution in [0, 0.1) is 10.1 Å². The van der Waals surface area contributed by atoms with Crippen LogP contribution in [-0.4, -0.2) is 31.2 Å². The second kappa shape index (κ2) is 6.20. The Morgan fingerprint density at radius 1 is 1.50 bits per heavy atom. The maximum atomic E-state index is 10.9. The Bertz CT molecular complexity index is 421. The minimum Gasteiger partial charge on any atom is -0.484 e. The van der Waals surface area contributed by atoms with Crippen molar-refractivity contribution in [2.24, 2.45) is 5.73 Å². The number of likely N-dealkylation sites (N-methyl/N-ethyl adjacent to an activating group) is 1. The molecule has 0 unspecified atom stereocenters. The predicted molar refractivity (Wildman–Crippen MR) is 71.2 cm³/mol. The molecule has 0 bridgehead atoms. The van der Waals surface area contributed by atoms with Crippen molar-refractivity contribution in [3.8, 4) is 5.75 Å². The summed E-state index contributed by atoms with van der Waals surface area (Å²) in [7, 11) is 1.88.